The molecule has 18 nitrogen and oxygen atoms in total. The second-order valence-electron chi connectivity index (χ2n) is 9.21. The van der Waals surface area contributed by atoms with Crippen LogP contribution < -0.4 is 0 Å². The molecule has 5 heterocycles. The molecular formula is C27H14N4O14. The van der Waals surface area contributed by atoms with Gasteiger partial charge in [0, 0.05) is 5.52 Å². The summed E-state index contributed by atoms with van der Waals surface area (Å²) in [5.74, 6) is -14.0. The van der Waals surface area contributed by atoms with E-state index in [1.165, 1.54) is 18.2 Å². The van der Waals surface area contributed by atoms with Crippen LogP contribution in [0.4, 0.5) is 0 Å². The molecule has 0 aromatic carbocycles. The number of carboxylic acids is 7. The van der Waals surface area contributed by atoms with Crippen molar-refractivity contribution >= 4 is 87.2 Å². The average molecular weight is 618 g/mol. The minimum Gasteiger partial charge on any atom is -0.478 e. The van der Waals surface area contributed by atoms with Crippen LogP contribution in [0.2, 0.25) is 0 Å². The van der Waals surface area contributed by atoms with Crippen molar-refractivity contribution in [2.75, 3.05) is 0 Å². The van der Waals surface area contributed by atoms with Gasteiger partial charge < -0.3 is 45.7 Å². The summed E-state index contributed by atoms with van der Waals surface area (Å²) in [6.45, 7) is 0. The van der Waals surface area contributed by atoms with E-state index in [0.29, 0.717) is 0 Å². The predicted octanol–water partition coefficient (Wildman–Crippen LogP) is 2.06. The van der Waals surface area contributed by atoms with E-state index in [2.05, 4.69) is 19.9 Å². The van der Waals surface area contributed by atoms with Crippen LogP contribution in [-0.2, 0) is 9.59 Å². The van der Waals surface area contributed by atoms with E-state index in [-0.39, 0.29) is 16.9 Å². The zero-order valence-electron chi connectivity index (χ0n) is 21.8. The normalized spacial score (nSPS) is 12.2. The summed E-state index contributed by atoms with van der Waals surface area (Å²) in [5, 5.41) is 70.1. The van der Waals surface area contributed by atoms with Crippen LogP contribution >= 0.6 is 0 Å². The number of rotatable bonds is 7. The molecule has 0 unspecified atom stereocenters. The van der Waals surface area contributed by atoms with Crippen molar-refractivity contribution in [2.45, 2.75) is 0 Å². The van der Waals surface area contributed by atoms with E-state index in [4.69, 9.17) is 0 Å². The highest BCUT2D eigenvalue weighted by molar-refractivity contribution is 6.39. The highest BCUT2D eigenvalue weighted by Crippen LogP contribution is 2.37. The van der Waals surface area contributed by atoms with Gasteiger partial charge in [0.05, 0.1) is 50.5 Å². The maximum Gasteiger partial charge on any atom is 0.340 e. The summed E-state index contributed by atoms with van der Waals surface area (Å²) >= 11 is 0. The Balaban J connectivity index is 2.25. The van der Waals surface area contributed by atoms with E-state index in [0.717, 1.165) is 12.1 Å². The molecule has 0 spiro atoms. The molecule has 3 aromatic heterocycles. The number of nitrogens with one attached hydrogen (secondary N) is 2. The molecule has 0 atom stereocenters. The number of carbonyl (C=O) groups is 7. The van der Waals surface area contributed by atoms with Crippen molar-refractivity contribution in [1.29, 1.82) is 0 Å². The van der Waals surface area contributed by atoms with E-state index in [1.807, 2.05) is 0 Å². The molecule has 5 rings (SSSR count). The summed E-state index contributed by atoms with van der Waals surface area (Å²) < 4.78 is 0. The number of carboxylic acid groups (broad SMARTS) is 7. The molecule has 0 radical (unpaired) electrons. The summed E-state index contributed by atoms with van der Waals surface area (Å²) in [6, 6.07) is 3.23. The van der Waals surface area contributed by atoms with Gasteiger partial charge in [-0.15, -0.1) is 0 Å². The highest BCUT2D eigenvalue weighted by atomic mass is 16.4. The Morgan fingerprint density at radius 2 is 0.978 bits per heavy atom. The minimum absolute atomic E-state index is 0.00593. The number of H-pyrrole nitrogens is 2. The van der Waals surface area contributed by atoms with Gasteiger partial charge in [0.2, 0.25) is 0 Å². The van der Waals surface area contributed by atoms with Gasteiger partial charge in [-0.2, -0.15) is 0 Å². The number of aromatic amines is 2. The molecule has 0 saturated heterocycles. The molecule has 3 aromatic rings. The molecule has 45 heavy (non-hydrogen) atoms. The van der Waals surface area contributed by atoms with Gasteiger partial charge in [-0.05, 0) is 30.4 Å². The van der Waals surface area contributed by atoms with Crippen molar-refractivity contribution < 1.29 is 69.3 Å². The molecule has 0 saturated carbocycles. The molecule has 9 N–H and O–H groups in total. The van der Waals surface area contributed by atoms with Gasteiger partial charge in [0.15, 0.2) is 0 Å². The lowest BCUT2D eigenvalue weighted by molar-refractivity contribution is -0.132. The first-order valence-corrected chi connectivity index (χ1v) is 12.0. The molecule has 8 bridgehead atoms. The molecule has 0 fully saturated rings. The summed E-state index contributed by atoms with van der Waals surface area (Å²) in [5.41, 5.74) is -13.0. The topological polar surface area (TPSA) is 318 Å². The molecule has 18 heteroatoms. The monoisotopic (exact) mass is 618 g/mol. The maximum absolute atomic E-state index is 12.7. The lowest BCUT2D eigenvalue weighted by Crippen LogP contribution is -2.12. The SMILES string of the molecule is O=C(O)C1=C(C(=O)O)c2nc1c(C(=O)O)c1[nH]c(cc3nc(cc4[nH]c(c2C(=O)O)c(C(=O)O)c4C(=O)O)C=C3)cc1C(=O)O. The smallest absolute Gasteiger partial charge is 0.340 e. The van der Waals surface area contributed by atoms with Crippen molar-refractivity contribution in [2.24, 2.45) is 0 Å². The Hall–Kier alpha value is -7.11. The minimum atomic E-state index is -2.15. The molecule has 2 aliphatic heterocycles. The number of aromatic carboxylic acids is 5. The number of nitrogens with zero attached hydrogens (tertiary/aromatic N) is 2. The quantitative estimate of drug-likeness (QED) is 0.143. The van der Waals surface area contributed by atoms with Crippen molar-refractivity contribution in [3.63, 3.8) is 0 Å². The Labute approximate surface area is 245 Å². The van der Waals surface area contributed by atoms with Crippen molar-refractivity contribution in [1.82, 2.24) is 19.9 Å². The van der Waals surface area contributed by atoms with Gasteiger partial charge in [-0.1, -0.05) is 0 Å². The molecule has 0 aliphatic carbocycles. The standard InChI is InChI=1S/C27H14N4O14/c32-21(33)9-4-8-3-6-1-2-7(28-6)5-10-11(22(34)35)12(23(36)37)18(30-10)16(27(44)45)20-14(25(40)41)13(24(38)39)19(31-20)15(26(42)43)17(9)29-8/h1-5,29-30H,(H,32,33)(H,34,35)(H,36,37)(H,38,39)(H,40,41)(H,42,43)(H,44,45). The second-order valence-corrected chi connectivity index (χ2v) is 9.21. The first-order chi connectivity index (χ1) is 21.1. The van der Waals surface area contributed by atoms with E-state index < -0.39 is 109 Å². The van der Waals surface area contributed by atoms with Crippen LogP contribution in [0.15, 0.2) is 18.2 Å². The second kappa shape index (κ2) is 10.3. The van der Waals surface area contributed by atoms with E-state index >= 15 is 0 Å². The van der Waals surface area contributed by atoms with E-state index in [9.17, 15) is 69.3 Å². The van der Waals surface area contributed by atoms with Crippen LogP contribution in [0.1, 0.15) is 74.6 Å². The fourth-order valence-corrected chi connectivity index (χ4v) is 4.92. The van der Waals surface area contributed by atoms with Crippen LogP contribution in [0, 0.1) is 0 Å². The first-order valence-electron chi connectivity index (χ1n) is 12.0. The van der Waals surface area contributed by atoms with Gasteiger partial charge in [-0.3, -0.25) is 0 Å². The van der Waals surface area contributed by atoms with Crippen molar-refractivity contribution in [3.8, 4) is 0 Å². The van der Waals surface area contributed by atoms with Crippen LogP contribution in [0.5, 0.6) is 0 Å². The lowest BCUT2D eigenvalue weighted by atomic mass is 9.98. The first kappa shape index (κ1) is 29.4. The number of fused-ring (bicyclic) bond motifs is 8. The third-order valence-electron chi connectivity index (χ3n) is 6.58. The number of aromatic nitrogens is 4. The van der Waals surface area contributed by atoms with Crippen LogP contribution in [-0.4, -0.2) is 97.5 Å². The molecule has 2 aliphatic rings. The number of aliphatic carboxylic acids is 2. The van der Waals surface area contributed by atoms with Crippen LogP contribution in [0.3, 0.4) is 0 Å². The molecular weight excluding hydrogens is 604 g/mol. The van der Waals surface area contributed by atoms with Crippen molar-refractivity contribution in [3.05, 3.63) is 68.8 Å². The summed E-state index contributed by atoms with van der Waals surface area (Å²) in [4.78, 5) is 99.6. The summed E-state index contributed by atoms with van der Waals surface area (Å²) in [7, 11) is 0. The third kappa shape index (κ3) is 4.69. The van der Waals surface area contributed by atoms with Gasteiger partial charge in [0.25, 0.3) is 0 Å². The molecule has 226 valence electrons. The van der Waals surface area contributed by atoms with Gasteiger partial charge in [-0.25, -0.2) is 43.5 Å². The third-order valence-corrected chi connectivity index (χ3v) is 6.58. The Morgan fingerprint density at radius 3 is 1.44 bits per heavy atom. The fourth-order valence-electron chi connectivity index (χ4n) is 4.92. The zero-order valence-corrected chi connectivity index (χ0v) is 21.8. The van der Waals surface area contributed by atoms with Crippen LogP contribution in [0.25, 0.3) is 45.4 Å². The Kier molecular flexibility index (Phi) is 6.73. The Morgan fingerprint density at radius 1 is 0.489 bits per heavy atom. The highest BCUT2D eigenvalue weighted by Gasteiger charge is 2.39. The zero-order chi connectivity index (χ0) is 33.1. The predicted molar refractivity (Wildman–Crippen MR) is 147 cm³/mol. The fraction of sp³-hybridized carbons (Fsp3) is 0. The van der Waals surface area contributed by atoms with Gasteiger partial charge in [0.1, 0.15) is 27.8 Å². The largest absolute Gasteiger partial charge is 0.478 e. The molecule has 0 amide bonds. The summed E-state index contributed by atoms with van der Waals surface area (Å²) in [6.07, 6.45) is 2.71. The number of hydrogen-bond acceptors (Lipinski definition) is 9. The lowest BCUT2D eigenvalue weighted by Gasteiger charge is -2.04. The number of hydrogen-bond donors (Lipinski definition) is 9. The average Bonchev–Trinajstić information content (AvgIpc) is 3.69. The Bertz CT molecular complexity index is 2220. The van der Waals surface area contributed by atoms with Gasteiger partial charge >= 0.3 is 41.8 Å². The van der Waals surface area contributed by atoms with E-state index in [1.54, 1.807) is 0 Å². The maximum atomic E-state index is 12.7.